The first-order valence-electron chi connectivity index (χ1n) is 14.6. The fourth-order valence-electron chi connectivity index (χ4n) is 5.55. The van der Waals surface area contributed by atoms with Crippen LogP contribution in [0.3, 0.4) is 0 Å². The van der Waals surface area contributed by atoms with E-state index in [9.17, 15) is 36.0 Å². The van der Waals surface area contributed by atoms with Crippen LogP contribution in [0.4, 0.5) is 18.0 Å². The number of nitrogens with zero attached hydrogens (tertiary/aromatic N) is 1. The summed E-state index contributed by atoms with van der Waals surface area (Å²) in [7, 11) is -3.81. The predicted molar refractivity (Wildman–Crippen MR) is 170 cm³/mol. The summed E-state index contributed by atoms with van der Waals surface area (Å²) in [6, 6.07) is 3.66. The van der Waals surface area contributed by atoms with Gasteiger partial charge in [0, 0.05) is 11.1 Å². The third-order valence-electron chi connectivity index (χ3n) is 7.77. The molecule has 1 aliphatic heterocycles. The highest BCUT2D eigenvalue weighted by Gasteiger charge is 2.38. The quantitative estimate of drug-likeness (QED) is 0.289. The number of halogens is 5. The molecule has 252 valence electrons. The zero-order valence-corrected chi connectivity index (χ0v) is 27.9. The van der Waals surface area contributed by atoms with Crippen molar-refractivity contribution in [1.29, 1.82) is 0 Å². The van der Waals surface area contributed by atoms with E-state index in [4.69, 9.17) is 27.9 Å². The smallest absolute Gasteiger partial charge is 0.416 e. The van der Waals surface area contributed by atoms with Gasteiger partial charge in [0.25, 0.3) is 5.56 Å². The molecule has 1 aliphatic rings. The number of benzene rings is 2. The second kappa shape index (κ2) is 13.6. The van der Waals surface area contributed by atoms with Crippen molar-refractivity contribution in [3.05, 3.63) is 71.8 Å². The molecule has 1 aromatic heterocycles. The summed E-state index contributed by atoms with van der Waals surface area (Å²) in [6.07, 6.45) is -5.01. The summed E-state index contributed by atoms with van der Waals surface area (Å²) in [4.78, 5) is 41.8. The summed E-state index contributed by atoms with van der Waals surface area (Å²) < 4.78 is 75.2. The molecule has 1 unspecified atom stereocenters. The molecular weight excluding hydrogens is 672 g/mol. The topological polar surface area (TPSA) is 139 Å². The van der Waals surface area contributed by atoms with Crippen LogP contribution in [0.5, 0.6) is 0 Å². The molecule has 1 saturated heterocycles. The van der Waals surface area contributed by atoms with Crippen molar-refractivity contribution in [3.8, 4) is 0 Å². The Kier molecular flexibility index (Phi) is 10.6. The minimum Gasteiger partial charge on any atom is -0.444 e. The van der Waals surface area contributed by atoms with Crippen LogP contribution in [0.2, 0.25) is 10.0 Å². The van der Waals surface area contributed by atoms with E-state index in [0.29, 0.717) is 36.6 Å². The van der Waals surface area contributed by atoms with Gasteiger partial charge in [-0.1, -0.05) is 30.1 Å². The second-order valence-electron chi connectivity index (χ2n) is 12.2. The largest absolute Gasteiger partial charge is 0.444 e. The van der Waals surface area contributed by atoms with Gasteiger partial charge in [-0.2, -0.15) is 13.2 Å². The Morgan fingerprint density at radius 3 is 2.37 bits per heavy atom. The van der Waals surface area contributed by atoms with E-state index in [-0.39, 0.29) is 39.1 Å². The van der Waals surface area contributed by atoms with Crippen molar-refractivity contribution in [2.45, 2.75) is 76.2 Å². The number of aromatic nitrogens is 2. The summed E-state index contributed by atoms with van der Waals surface area (Å²) in [5.74, 6) is -0.501. The normalized spacial score (nSPS) is 15.6. The number of sulfone groups is 1. The van der Waals surface area contributed by atoms with Crippen molar-refractivity contribution < 1.29 is 31.1 Å². The number of piperidine rings is 1. The lowest BCUT2D eigenvalue weighted by molar-refractivity contribution is -0.138. The highest BCUT2D eigenvalue weighted by molar-refractivity contribution is 7.91. The van der Waals surface area contributed by atoms with Gasteiger partial charge in [0.2, 0.25) is 0 Å². The lowest BCUT2D eigenvalue weighted by Crippen LogP contribution is -2.47. The van der Waals surface area contributed by atoms with E-state index in [0.717, 1.165) is 0 Å². The van der Waals surface area contributed by atoms with Gasteiger partial charge in [-0.05, 0) is 94.4 Å². The van der Waals surface area contributed by atoms with Gasteiger partial charge < -0.3 is 20.4 Å². The number of hydrogen-bond donors (Lipinski definition) is 3. The van der Waals surface area contributed by atoms with Crippen molar-refractivity contribution in [3.63, 3.8) is 0 Å². The number of ether oxygens (including phenoxy) is 1. The van der Waals surface area contributed by atoms with Gasteiger partial charge >= 0.3 is 18.0 Å². The molecule has 3 N–H and O–H groups in total. The first-order valence-corrected chi connectivity index (χ1v) is 17.0. The number of hydrogen-bond acceptors (Lipinski definition) is 7. The van der Waals surface area contributed by atoms with Crippen molar-refractivity contribution >= 4 is 50.0 Å². The number of alkyl carbamates (subject to hydrolysis) is 1. The Hall–Kier alpha value is -3.07. The third kappa shape index (κ3) is 8.07. The van der Waals surface area contributed by atoms with E-state index >= 15 is 0 Å². The molecule has 0 saturated carbocycles. The number of amides is 1. The van der Waals surface area contributed by atoms with Gasteiger partial charge in [0.1, 0.15) is 5.60 Å². The van der Waals surface area contributed by atoms with Gasteiger partial charge in [0.05, 0.1) is 38.7 Å². The number of aromatic amines is 1. The Labute approximate surface area is 273 Å². The molecule has 10 nitrogen and oxygen atoms in total. The van der Waals surface area contributed by atoms with Crippen molar-refractivity contribution in [2.75, 3.05) is 18.8 Å². The van der Waals surface area contributed by atoms with Crippen LogP contribution in [0, 0.1) is 5.92 Å². The van der Waals surface area contributed by atoms with E-state index in [2.05, 4.69) is 15.6 Å². The molecule has 4 rings (SSSR count). The zero-order chi connectivity index (χ0) is 34.2. The average Bonchev–Trinajstić information content (AvgIpc) is 2.95. The molecule has 1 atom stereocenters. The van der Waals surface area contributed by atoms with E-state index in [1.165, 1.54) is 25.1 Å². The molecule has 1 fully saturated rings. The number of alkyl halides is 3. The first kappa shape index (κ1) is 35.8. The highest BCUT2D eigenvalue weighted by Crippen LogP contribution is 2.39. The Morgan fingerprint density at radius 1 is 1.13 bits per heavy atom. The monoisotopic (exact) mass is 706 g/mol. The maximum absolute atomic E-state index is 14.6. The highest BCUT2D eigenvalue weighted by atomic mass is 35.5. The van der Waals surface area contributed by atoms with E-state index < -0.39 is 73.1 Å². The number of fused-ring (bicyclic) bond motifs is 1. The molecule has 46 heavy (non-hydrogen) atoms. The van der Waals surface area contributed by atoms with Crippen molar-refractivity contribution in [1.82, 2.24) is 20.2 Å². The molecule has 2 heterocycles. The Morgan fingerprint density at radius 2 is 1.78 bits per heavy atom. The first-order chi connectivity index (χ1) is 21.3. The number of carbonyl (C=O) groups is 1. The van der Waals surface area contributed by atoms with Crippen LogP contribution in [-0.2, 0) is 33.7 Å². The maximum atomic E-state index is 14.6. The molecule has 1 amide bonds. The van der Waals surface area contributed by atoms with Gasteiger partial charge in [-0.15, -0.1) is 0 Å². The average molecular weight is 708 g/mol. The number of rotatable bonds is 8. The molecule has 2 aromatic carbocycles. The van der Waals surface area contributed by atoms with Crippen molar-refractivity contribution in [2.24, 2.45) is 5.92 Å². The molecule has 0 radical (unpaired) electrons. The SMILES string of the molecule is CCS(=O)(=O)c1ccc(Cl)cc1Cn1c(=O)[nH]c2c(Cl)c(CC(NC(=O)OC(C)(C)C)C3CCNCC3)c(C(F)(F)F)cc2c1=O. The van der Waals surface area contributed by atoms with Crippen LogP contribution in [-0.4, -0.2) is 54.5 Å². The Balaban J connectivity index is 1.86. The van der Waals surface area contributed by atoms with E-state index in [1.54, 1.807) is 20.8 Å². The fraction of sp³-hybridized carbons (Fsp3) is 0.500. The summed E-state index contributed by atoms with van der Waals surface area (Å²) >= 11 is 12.7. The minimum absolute atomic E-state index is 0.0121. The molecule has 0 spiro atoms. The zero-order valence-electron chi connectivity index (χ0n) is 25.6. The molecule has 0 aliphatic carbocycles. The van der Waals surface area contributed by atoms with Crippen LogP contribution >= 0.6 is 23.2 Å². The maximum Gasteiger partial charge on any atom is 0.416 e. The second-order valence-corrected chi connectivity index (χ2v) is 15.2. The molecule has 0 bridgehead atoms. The van der Waals surface area contributed by atoms with E-state index in [1.807, 2.05) is 0 Å². The van der Waals surface area contributed by atoms with Gasteiger partial charge in [-0.25, -0.2) is 18.0 Å². The van der Waals surface area contributed by atoms with Gasteiger partial charge in [-0.3, -0.25) is 9.36 Å². The van der Waals surface area contributed by atoms with Gasteiger partial charge in [0.15, 0.2) is 9.84 Å². The third-order valence-corrected chi connectivity index (χ3v) is 10.3. The number of nitrogens with one attached hydrogen (secondary N) is 3. The summed E-state index contributed by atoms with van der Waals surface area (Å²) in [6.45, 7) is 7.00. The number of carbonyl (C=O) groups excluding carboxylic acids is 1. The summed E-state index contributed by atoms with van der Waals surface area (Å²) in [5, 5.41) is 5.01. The lowest BCUT2D eigenvalue weighted by atomic mass is 9.85. The standard InChI is InChI=1S/C30H35Cl2F3N4O6S/c1-5-46(43,44)23-7-6-18(31)12-17(23)15-39-26(40)20-13-21(30(33,34)35)19(24(32)25(20)38-27(39)41)14-22(16-8-10-36-11-9-16)37-28(42)45-29(2,3)4/h6-7,12-13,16,22,36H,5,8-11,14-15H2,1-4H3,(H,37,42)(H,38,41). The minimum atomic E-state index is -4.97. The molecule has 3 aromatic rings. The fourth-order valence-corrected chi connectivity index (χ4v) is 7.18. The number of H-pyrrole nitrogens is 1. The predicted octanol–water partition coefficient (Wildman–Crippen LogP) is 5.29. The lowest BCUT2D eigenvalue weighted by Gasteiger charge is -2.33. The molecule has 16 heteroatoms. The van der Waals surface area contributed by atoms with Crippen LogP contribution in [0.1, 0.15) is 57.2 Å². The molecular formula is C30H35Cl2F3N4O6S. The Bertz CT molecular complexity index is 1860. The van der Waals surface area contributed by atoms with Crippen LogP contribution in [0.15, 0.2) is 38.8 Å². The van der Waals surface area contributed by atoms with Crippen LogP contribution in [0.25, 0.3) is 10.9 Å². The van der Waals surface area contributed by atoms with Crippen LogP contribution < -0.4 is 21.9 Å². The summed E-state index contributed by atoms with van der Waals surface area (Å²) in [5.41, 5.74) is -4.90.